The molecule has 0 heterocycles. The van der Waals surface area contributed by atoms with Crippen LogP contribution in [-0.4, -0.2) is 49.1 Å². The van der Waals surface area contributed by atoms with Crippen LogP contribution in [-0.2, 0) is 25.4 Å². The quantitative estimate of drug-likeness (QED) is 0.555. The molecule has 1 aromatic carbocycles. The summed E-state index contributed by atoms with van der Waals surface area (Å²) in [6.07, 6.45) is -0.531. The van der Waals surface area contributed by atoms with Gasteiger partial charge in [0.2, 0.25) is 0 Å². The van der Waals surface area contributed by atoms with Crippen molar-refractivity contribution in [3.05, 3.63) is 35.6 Å². The molecular formula is C18H26FNO5. The average molecular weight is 355 g/mol. The molecule has 7 heteroatoms. The molecule has 0 radical (unpaired) electrons. The summed E-state index contributed by atoms with van der Waals surface area (Å²) in [7, 11) is 1.41. The molecule has 1 atom stereocenters. The van der Waals surface area contributed by atoms with Crippen LogP contribution in [0.15, 0.2) is 24.3 Å². The van der Waals surface area contributed by atoms with Crippen molar-refractivity contribution in [2.24, 2.45) is 0 Å². The minimum absolute atomic E-state index is 0.139. The summed E-state index contributed by atoms with van der Waals surface area (Å²) < 4.78 is 28.6. The molecule has 0 aliphatic rings. The van der Waals surface area contributed by atoms with E-state index in [-0.39, 0.29) is 25.6 Å². The summed E-state index contributed by atoms with van der Waals surface area (Å²) in [4.78, 5) is 26.1. The highest BCUT2D eigenvalue weighted by Gasteiger charge is 2.34. The van der Waals surface area contributed by atoms with Gasteiger partial charge < -0.3 is 14.2 Å². The van der Waals surface area contributed by atoms with Gasteiger partial charge in [0, 0.05) is 13.5 Å². The Morgan fingerprint density at radius 3 is 2.28 bits per heavy atom. The molecule has 1 amide bonds. The third kappa shape index (κ3) is 7.09. The maximum absolute atomic E-state index is 13.1. The molecule has 0 saturated carbocycles. The molecule has 0 spiro atoms. The zero-order chi connectivity index (χ0) is 19.0. The fourth-order valence-corrected chi connectivity index (χ4v) is 2.13. The van der Waals surface area contributed by atoms with Gasteiger partial charge >= 0.3 is 12.1 Å². The Morgan fingerprint density at radius 2 is 1.80 bits per heavy atom. The van der Waals surface area contributed by atoms with Crippen LogP contribution in [0, 0.1) is 5.82 Å². The lowest BCUT2D eigenvalue weighted by atomic mass is 10.0. The van der Waals surface area contributed by atoms with E-state index < -0.39 is 23.7 Å². The van der Waals surface area contributed by atoms with Gasteiger partial charge in [0.15, 0.2) is 0 Å². The number of hydrogen-bond donors (Lipinski definition) is 0. The van der Waals surface area contributed by atoms with E-state index in [1.54, 1.807) is 39.8 Å². The number of carbonyl (C=O) groups is 2. The molecule has 6 nitrogen and oxygen atoms in total. The molecule has 0 N–H and O–H groups in total. The van der Waals surface area contributed by atoms with E-state index in [2.05, 4.69) is 0 Å². The van der Waals surface area contributed by atoms with Gasteiger partial charge in [0.25, 0.3) is 0 Å². The van der Waals surface area contributed by atoms with Crippen LogP contribution < -0.4 is 0 Å². The SMILES string of the molecule is CCOC(=O)[C@H](Cc1ccc(F)cc1)N(COC)C(=O)OC(C)(C)C. The van der Waals surface area contributed by atoms with E-state index in [4.69, 9.17) is 14.2 Å². The number of rotatable bonds is 7. The van der Waals surface area contributed by atoms with Gasteiger partial charge in [0.05, 0.1) is 6.61 Å². The molecule has 0 aromatic heterocycles. The number of ether oxygens (including phenoxy) is 3. The lowest BCUT2D eigenvalue weighted by molar-refractivity contribution is -0.151. The number of carbonyl (C=O) groups excluding carboxylic acids is 2. The molecule has 0 saturated heterocycles. The molecular weight excluding hydrogens is 329 g/mol. The second-order valence-corrected chi connectivity index (χ2v) is 6.47. The van der Waals surface area contributed by atoms with E-state index in [0.717, 1.165) is 0 Å². The molecule has 0 bridgehead atoms. The van der Waals surface area contributed by atoms with Crippen LogP contribution in [0.3, 0.4) is 0 Å². The van der Waals surface area contributed by atoms with Crippen LogP contribution in [0.2, 0.25) is 0 Å². The summed E-state index contributed by atoms with van der Waals surface area (Å²) in [5, 5.41) is 0. The van der Waals surface area contributed by atoms with Crippen molar-refractivity contribution in [3.8, 4) is 0 Å². The lowest BCUT2D eigenvalue weighted by Gasteiger charge is -2.31. The van der Waals surface area contributed by atoms with Crippen molar-refractivity contribution in [2.45, 2.75) is 45.8 Å². The topological polar surface area (TPSA) is 65.1 Å². The van der Waals surface area contributed by atoms with Crippen LogP contribution in [0.25, 0.3) is 0 Å². The summed E-state index contributed by atoms with van der Waals surface area (Å²) in [6, 6.07) is 4.76. The highest BCUT2D eigenvalue weighted by Crippen LogP contribution is 2.17. The second-order valence-electron chi connectivity index (χ2n) is 6.47. The summed E-state index contributed by atoms with van der Waals surface area (Å²) in [5.74, 6) is -0.952. The van der Waals surface area contributed by atoms with Gasteiger partial charge in [-0.25, -0.2) is 14.0 Å². The van der Waals surface area contributed by atoms with Gasteiger partial charge in [-0.1, -0.05) is 12.1 Å². The first-order valence-corrected chi connectivity index (χ1v) is 8.07. The number of benzene rings is 1. The largest absolute Gasteiger partial charge is 0.464 e. The Morgan fingerprint density at radius 1 is 1.20 bits per heavy atom. The van der Waals surface area contributed by atoms with Crippen LogP contribution in [0.5, 0.6) is 0 Å². The zero-order valence-electron chi connectivity index (χ0n) is 15.4. The second kappa shape index (κ2) is 9.36. The highest BCUT2D eigenvalue weighted by molar-refractivity contribution is 5.81. The predicted octanol–water partition coefficient (Wildman–Crippen LogP) is 3.14. The van der Waals surface area contributed by atoms with Gasteiger partial charge in [-0.05, 0) is 45.4 Å². The summed E-state index contributed by atoms with van der Waals surface area (Å²) in [5.41, 5.74) is -0.0397. The van der Waals surface area contributed by atoms with Crippen molar-refractivity contribution in [1.29, 1.82) is 0 Å². The highest BCUT2D eigenvalue weighted by atomic mass is 19.1. The first kappa shape index (κ1) is 20.9. The van der Waals surface area contributed by atoms with E-state index in [9.17, 15) is 14.0 Å². The predicted molar refractivity (Wildman–Crippen MR) is 90.5 cm³/mol. The third-order valence-electron chi connectivity index (χ3n) is 3.17. The molecule has 0 aliphatic carbocycles. The number of methoxy groups -OCH3 is 1. The van der Waals surface area contributed by atoms with E-state index in [1.165, 1.54) is 24.1 Å². The van der Waals surface area contributed by atoms with E-state index in [1.807, 2.05) is 0 Å². The first-order valence-electron chi connectivity index (χ1n) is 8.07. The normalized spacial score (nSPS) is 12.4. The fraction of sp³-hybridized carbons (Fsp3) is 0.556. The van der Waals surface area contributed by atoms with Gasteiger partial charge in [-0.2, -0.15) is 0 Å². The molecule has 140 valence electrons. The van der Waals surface area contributed by atoms with Gasteiger partial charge in [-0.3, -0.25) is 4.90 Å². The number of nitrogens with zero attached hydrogens (tertiary/aromatic N) is 1. The maximum atomic E-state index is 13.1. The molecule has 25 heavy (non-hydrogen) atoms. The van der Waals surface area contributed by atoms with Crippen molar-refractivity contribution < 1.29 is 28.2 Å². The number of amides is 1. The summed E-state index contributed by atoms with van der Waals surface area (Å²) >= 11 is 0. The standard InChI is InChI=1S/C18H26FNO5/c1-6-24-16(21)15(11-13-7-9-14(19)10-8-13)20(12-23-5)17(22)25-18(2,3)4/h7-10,15H,6,11-12H2,1-5H3/t15-/m0/s1. The molecule has 0 aliphatic heterocycles. The van der Waals surface area contributed by atoms with Gasteiger partial charge in [0.1, 0.15) is 24.2 Å². The molecule has 0 unspecified atom stereocenters. The Kier molecular flexibility index (Phi) is 7.83. The van der Waals surface area contributed by atoms with Crippen molar-refractivity contribution >= 4 is 12.1 Å². The Balaban J connectivity index is 3.09. The van der Waals surface area contributed by atoms with Gasteiger partial charge in [-0.15, -0.1) is 0 Å². The number of hydrogen-bond acceptors (Lipinski definition) is 5. The van der Waals surface area contributed by atoms with Crippen LogP contribution >= 0.6 is 0 Å². The third-order valence-corrected chi connectivity index (χ3v) is 3.17. The van der Waals surface area contributed by atoms with Crippen molar-refractivity contribution in [3.63, 3.8) is 0 Å². The first-order chi connectivity index (χ1) is 11.7. The Labute approximate surface area is 147 Å². The molecule has 1 rings (SSSR count). The summed E-state index contributed by atoms with van der Waals surface area (Å²) in [6.45, 7) is 6.91. The Hall–Kier alpha value is -2.15. The number of esters is 1. The number of halogens is 1. The molecule has 1 aromatic rings. The van der Waals surface area contributed by atoms with Crippen molar-refractivity contribution in [2.75, 3.05) is 20.4 Å². The minimum atomic E-state index is -0.944. The van der Waals surface area contributed by atoms with Crippen LogP contribution in [0.1, 0.15) is 33.3 Å². The average Bonchev–Trinajstić information content (AvgIpc) is 2.51. The molecule has 0 fully saturated rings. The fourth-order valence-electron chi connectivity index (χ4n) is 2.13. The smallest absolute Gasteiger partial charge is 0.412 e. The lowest BCUT2D eigenvalue weighted by Crippen LogP contribution is -2.49. The monoisotopic (exact) mass is 355 g/mol. The van der Waals surface area contributed by atoms with E-state index in [0.29, 0.717) is 5.56 Å². The zero-order valence-corrected chi connectivity index (χ0v) is 15.4. The maximum Gasteiger partial charge on any atom is 0.412 e. The van der Waals surface area contributed by atoms with Crippen LogP contribution in [0.4, 0.5) is 9.18 Å². The van der Waals surface area contributed by atoms with E-state index >= 15 is 0 Å². The minimum Gasteiger partial charge on any atom is -0.464 e. The van der Waals surface area contributed by atoms with Crippen molar-refractivity contribution in [1.82, 2.24) is 4.90 Å². The Bertz CT molecular complexity index is 568.